The number of aromatic hydroxyl groups is 1. The lowest BCUT2D eigenvalue weighted by Gasteiger charge is -2.13. The molecule has 0 saturated heterocycles. The van der Waals surface area contributed by atoms with E-state index in [1.807, 2.05) is 0 Å². The van der Waals surface area contributed by atoms with Crippen molar-refractivity contribution < 1.29 is 14.3 Å². The van der Waals surface area contributed by atoms with Crippen molar-refractivity contribution in [2.24, 2.45) is 5.10 Å². The number of carbonyl (C=O) groups excluding carboxylic acids is 1. The van der Waals surface area contributed by atoms with Crippen LogP contribution in [0.5, 0.6) is 5.75 Å². The Bertz CT molecular complexity index is 671. The summed E-state index contributed by atoms with van der Waals surface area (Å²) in [6.07, 6.45) is 1.43. The summed E-state index contributed by atoms with van der Waals surface area (Å²) in [7, 11) is 0. The van der Waals surface area contributed by atoms with Gasteiger partial charge in [-0.1, -0.05) is 12.1 Å². The maximum absolute atomic E-state index is 12.8. The molecule has 0 bridgehead atoms. The predicted octanol–water partition coefficient (Wildman–Crippen LogP) is 2.48. The monoisotopic (exact) mass is 301 g/mol. The number of hydrazone groups is 1. The third-order valence-corrected chi connectivity index (χ3v) is 2.88. The molecule has 0 heterocycles. The van der Waals surface area contributed by atoms with Crippen LogP contribution < -0.4 is 10.7 Å². The second-order valence-corrected chi connectivity index (χ2v) is 4.70. The van der Waals surface area contributed by atoms with Crippen molar-refractivity contribution >= 4 is 17.8 Å². The van der Waals surface area contributed by atoms with Gasteiger partial charge in [-0.25, -0.2) is 9.82 Å². The standard InChI is InChI=1S/C16H16FN3O2/c1-11(19-14-7-5-13(17)6-8-14)16(22)20-18-10-12-3-2-4-15(21)9-12/h2-11,19,21H,1H3,(H,20,22)/b18-10-/t11-/m1/s1. The van der Waals surface area contributed by atoms with E-state index in [2.05, 4.69) is 15.8 Å². The Morgan fingerprint density at radius 3 is 2.68 bits per heavy atom. The summed E-state index contributed by atoms with van der Waals surface area (Å²) in [5.74, 6) is -0.541. The van der Waals surface area contributed by atoms with Crippen LogP contribution in [0.25, 0.3) is 0 Å². The number of benzene rings is 2. The Morgan fingerprint density at radius 2 is 2.00 bits per heavy atom. The Labute approximate surface area is 127 Å². The lowest BCUT2D eigenvalue weighted by Crippen LogP contribution is -2.34. The molecule has 0 aromatic heterocycles. The van der Waals surface area contributed by atoms with Gasteiger partial charge in [-0.15, -0.1) is 0 Å². The van der Waals surface area contributed by atoms with Crippen LogP contribution in [-0.2, 0) is 4.79 Å². The van der Waals surface area contributed by atoms with Crippen LogP contribution in [0.3, 0.4) is 0 Å². The molecule has 2 rings (SSSR count). The summed E-state index contributed by atoms with van der Waals surface area (Å²) in [6, 6.07) is 11.7. The lowest BCUT2D eigenvalue weighted by molar-refractivity contribution is -0.121. The van der Waals surface area contributed by atoms with Gasteiger partial charge in [0.2, 0.25) is 0 Å². The van der Waals surface area contributed by atoms with Gasteiger partial charge in [-0.3, -0.25) is 4.79 Å². The van der Waals surface area contributed by atoms with E-state index >= 15 is 0 Å². The first kappa shape index (κ1) is 15.5. The second-order valence-electron chi connectivity index (χ2n) is 4.70. The minimum absolute atomic E-state index is 0.127. The number of amides is 1. The number of hydrogen-bond acceptors (Lipinski definition) is 4. The minimum Gasteiger partial charge on any atom is -0.508 e. The van der Waals surface area contributed by atoms with E-state index in [0.29, 0.717) is 11.3 Å². The normalized spacial score (nSPS) is 12.1. The topological polar surface area (TPSA) is 73.7 Å². The first-order chi connectivity index (χ1) is 10.5. The van der Waals surface area contributed by atoms with E-state index in [0.717, 1.165) is 0 Å². The van der Waals surface area contributed by atoms with Crippen molar-refractivity contribution in [2.45, 2.75) is 13.0 Å². The van der Waals surface area contributed by atoms with Crippen LogP contribution in [-0.4, -0.2) is 23.3 Å². The van der Waals surface area contributed by atoms with Gasteiger partial charge in [-0.2, -0.15) is 5.10 Å². The van der Waals surface area contributed by atoms with Gasteiger partial charge in [0.25, 0.3) is 5.91 Å². The molecule has 0 aliphatic carbocycles. The van der Waals surface area contributed by atoms with Gasteiger partial charge in [0.15, 0.2) is 0 Å². The van der Waals surface area contributed by atoms with E-state index in [1.165, 1.54) is 24.4 Å². The molecule has 114 valence electrons. The Kier molecular flexibility index (Phi) is 5.08. The number of anilines is 1. The zero-order valence-electron chi connectivity index (χ0n) is 12.0. The number of hydrogen-bond donors (Lipinski definition) is 3. The number of phenols is 1. The molecule has 0 spiro atoms. The molecule has 1 amide bonds. The minimum atomic E-state index is -0.535. The average Bonchev–Trinajstić information content (AvgIpc) is 2.49. The van der Waals surface area contributed by atoms with Crippen molar-refractivity contribution in [3.8, 4) is 5.75 Å². The summed E-state index contributed by atoms with van der Waals surface area (Å²) >= 11 is 0. The molecule has 2 aromatic carbocycles. The van der Waals surface area contributed by atoms with E-state index in [1.54, 1.807) is 37.3 Å². The summed E-state index contributed by atoms with van der Waals surface area (Å²) in [5, 5.41) is 16.1. The average molecular weight is 301 g/mol. The highest BCUT2D eigenvalue weighted by Crippen LogP contribution is 2.10. The van der Waals surface area contributed by atoms with Gasteiger partial charge in [-0.05, 0) is 48.9 Å². The fourth-order valence-corrected chi connectivity index (χ4v) is 1.73. The van der Waals surface area contributed by atoms with Crippen LogP contribution in [0.4, 0.5) is 10.1 Å². The molecule has 0 aliphatic rings. The Hall–Kier alpha value is -2.89. The summed E-state index contributed by atoms with van der Waals surface area (Å²) in [5.41, 5.74) is 3.70. The third-order valence-electron chi connectivity index (χ3n) is 2.88. The Balaban J connectivity index is 1.87. The molecule has 0 aliphatic heterocycles. The SMILES string of the molecule is C[C@@H](Nc1ccc(F)cc1)C(=O)N/N=C\c1cccc(O)c1. The highest BCUT2D eigenvalue weighted by molar-refractivity contribution is 5.86. The molecule has 3 N–H and O–H groups in total. The molecular formula is C16H16FN3O2. The summed E-state index contributed by atoms with van der Waals surface area (Å²) in [6.45, 7) is 1.67. The lowest BCUT2D eigenvalue weighted by atomic mass is 10.2. The number of nitrogens with one attached hydrogen (secondary N) is 2. The van der Waals surface area contributed by atoms with Crippen LogP contribution >= 0.6 is 0 Å². The smallest absolute Gasteiger partial charge is 0.262 e. The van der Waals surface area contributed by atoms with Crippen molar-refractivity contribution in [2.75, 3.05) is 5.32 Å². The first-order valence-corrected chi connectivity index (χ1v) is 6.68. The fourth-order valence-electron chi connectivity index (χ4n) is 1.73. The first-order valence-electron chi connectivity index (χ1n) is 6.68. The fraction of sp³-hybridized carbons (Fsp3) is 0.125. The van der Waals surface area contributed by atoms with Gasteiger partial charge in [0.1, 0.15) is 17.6 Å². The highest BCUT2D eigenvalue weighted by Gasteiger charge is 2.11. The van der Waals surface area contributed by atoms with E-state index in [-0.39, 0.29) is 17.5 Å². The van der Waals surface area contributed by atoms with Gasteiger partial charge < -0.3 is 10.4 Å². The number of halogens is 1. The predicted molar refractivity (Wildman–Crippen MR) is 83.3 cm³/mol. The molecule has 0 radical (unpaired) electrons. The molecular weight excluding hydrogens is 285 g/mol. The summed E-state index contributed by atoms with van der Waals surface area (Å²) in [4.78, 5) is 11.9. The number of nitrogens with zero attached hydrogens (tertiary/aromatic N) is 1. The zero-order chi connectivity index (χ0) is 15.9. The van der Waals surface area contributed by atoms with Crippen molar-refractivity contribution in [1.82, 2.24) is 5.43 Å². The van der Waals surface area contributed by atoms with Crippen molar-refractivity contribution in [3.05, 3.63) is 59.9 Å². The van der Waals surface area contributed by atoms with Gasteiger partial charge in [0, 0.05) is 5.69 Å². The van der Waals surface area contributed by atoms with E-state index in [9.17, 15) is 14.3 Å². The van der Waals surface area contributed by atoms with Crippen LogP contribution in [0, 0.1) is 5.82 Å². The zero-order valence-corrected chi connectivity index (χ0v) is 12.0. The molecule has 2 aromatic rings. The third kappa shape index (κ3) is 4.59. The largest absolute Gasteiger partial charge is 0.508 e. The van der Waals surface area contributed by atoms with Gasteiger partial charge >= 0.3 is 0 Å². The molecule has 0 fully saturated rings. The number of carbonyl (C=O) groups is 1. The van der Waals surface area contributed by atoms with Crippen molar-refractivity contribution in [1.29, 1.82) is 0 Å². The van der Waals surface area contributed by atoms with Crippen molar-refractivity contribution in [3.63, 3.8) is 0 Å². The van der Waals surface area contributed by atoms with E-state index in [4.69, 9.17) is 0 Å². The van der Waals surface area contributed by atoms with Crippen LogP contribution in [0.1, 0.15) is 12.5 Å². The molecule has 0 unspecified atom stereocenters. The molecule has 1 atom stereocenters. The number of phenolic OH excluding ortho intramolecular Hbond substituents is 1. The highest BCUT2D eigenvalue weighted by atomic mass is 19.1. The van der Waals surface area contributed by atoms with Crippen LogP contribution in [0.15, 0.2) is 53.6 Å². The van der Waals surface area contributed by atoms with Crippen LogP contribution in [0.2, 0.25) is 0 Å². The molecule has 5 nitrogen and oxygen atoms in total. The van der Waals surface area contributed by atoms with Gasteiger partial charge in [0.05, 0.1) is 6.21 Å². The Morgan fingerprint density at radius 1 is 1.27 bits per heavy atom. The maximum atomic E-state index is 12.8. The number of rotatable bonds is 5. The maximum Gasteiger partial charge on any atom is 0.262 e. The molecule has 6 heteroatoms. The summed E-state index contributed by atoms with van der Waals surface area (Å²) < 4.78 is 12.8. The molecule has 22 heavy (non-hydrogen) atoms. The second kappa shape index (κ2) is 7.21. The molecule has 0 saturated carbocycles. The quantitative estimate of drug-likeness (QED) is 0.587. The van der Waals surface area contributed by atoms with E-state index < -0.39 is 6.04 Å².